The van der Waals surface area contributed by atoms with Crippen LogP contribution in [0.25, 0.3) is 0 Å². The third kappa shape index (κ3) is 2.23. The van der Waals surface area contributed by atoms with Gasteiger partial charge in [-0.25, -0.2) is 17.5 Å². The maximum Gasteiger partial charge on any atom is 0.241 e. The van der Waals surface area contributed by atoms with E-state index in [0.29, 0.717) is 18.7 Å². The summed E-state index contributed by atoms with van der Waals surface area (Å²) in [5.74, 6) is -0.505. The van der Waals surface area contributed by atoms with Crippen LogP contribution in [0.4, 0.5) is 4.39 Å². The van der Waals surface area contributed by atoms with Crippen molar-refractivity contribution in [1.82, 2.24) is 10.0 Å². The van der Waals surface area contributed by atoms with Crippen LogP contribution in [0.2, 0.25) is 0 Å². The summed E-state index contributed by atoms with van der Waals surface area (Å²) in [5, 5.41) is 2.95. The molecular formula is C10H13FN2O2S. The summed E-state index contributed by atoms with van der Waals surface area (Å²) < 4.78 is 39.3. The zero-order chi connectivity index (χ0) is 11.8. The van der Waals surface area contributed by atoms with Crippen molar-refractivity contribution in [3.63, 3.8) is 0 Å². The molecule has 88 valence electrons. The van der Waals surface area contributed by atoms with Gasteiger partial charge < -0.3 is 5.32 Å². The lowest BCUT2D eigenvalue weighted by molar-refractivity contribution is 0.410. The molecule has 0 spiro atoms. The van der Waals surface area contributed by atoms with E-state index in [9.17, 15) is 12.8 Å². The maximum absolute atomic E-state index is 13.2. The van der Waals surface area contributed by atoms with E-state index in [2.05, 4.69) is 10.0 Å². The standard InChI is InChI=1S/C10H13FN2O2S/c1-7-2-3-9(4-10(7)11)16(14,15)13-8-5-12-6-8/h2-4,8,12-13H,5-6H2,1H3. The topological polar surface area (TPSA) is 58.2 Å². The van der Waals surface area contributed by atoms with Gasteiger partial charge in [0.15, 0.2) is 0 Å². The van der Waals surface area contributed by atoms with E-state index in [4.69, 9.17) is 0 Å². The van der Waals surface area contributed by atoms with Crippen molar-refractivity contribution in [3.8, 4) is 0 Å². The molecule has 1 aromatic rings. The lowest BCUT2D eigenvalue weighted by Crippen LogP contribution is -2.56. The summed E-state index contributed by atoms with van der Waals surface area (Å²) in [6, 6.07) is 3.83. The highest BCUT2D eigenvalue weighted by atomic mass is 32.2. The Hall–Kier alpha value is -0.980. The third-order valence-electron chi connectivity index (χ3n) is 2.56. The fraction of sp³-hybridized carbons (Fsp3) is 0.400. The van der Waals surface area contributed by atoms with Gasteiger partial charge in [0.2, 0.25) is 10.0 Å². The molecule has 0 amide bonds. The molecule has 2 N–H and O–H groups in total. The first kappa shape index (κ1) is 11.5. The Bertz CT molecular complexity index is 498. The van der Waals surface area contributed by atoms with E-state index < -0.39 is 15.8 Å². The van der Waals surface area contributed by atoms with E-state index >= 15 is 0 Å². The van der Waals surface area contributed by atoms with E-state index in [0.717, 1.165) is 6.07 Å². The summed E-state index contributed by atoms with van der Waals surface area (Å²) >= 11 is 0. The third-order valence-corrected chi connectivity index (χ3v) is 4.08. The minimum Gasteiger partial charge on any atom is -0.313 e. The van der Waals surface area contributed by atoms with E-state index in [-0.39, 0.29) is 10.9 Å². The normalized spacial score (nSPS) is 17.1. The zero-order valence-corrected chi connectivity index (χ0v) is 9.64. The first-order valence-electron chi connectivity index (χ1n) is 4.98. The first-order chi connectivity index (χ1) is 7.49. The second kappa shape index (κ2) is 4.12. The molecule has 0 aromatic heterocycles. The Balaban J connectivity index is 2.24. The predicted octanol–water partition coefficient (Wildman–Crippen LogP) is 0.384. The minimum atomic E-state index is -3.59. The van der Waals surface area contributed by atoms with Gasteiger partial charge in [-0.05, 0) is 24.6 Å². The van der Waals surface area contributed by atoms with Crippen LogP contribution in [0, 0.1) is 12.7 Å². The number of hydrogen-bond acceptors (Lipinski definition) is 3. The van der Waals surface area contributed by atoms with E-state index in [1.54, 1.807) is 6.92 Å². The summed E-state index contributed by atoms with van der Waals surface area (Å²) in [5.41, 5.74) is 0.435. The molecule has 1 fully saturated rings. The number of rotatable bonds is 3. The lowest BCUT2D eigenvalue weighted by atomic mass is 10.2. The van der Waals surface area contributed by atoms with Crippen molar-refractivity contribution in [2.75, 3.05) is 13.1 Å². The van der Waals surface area contributed by atoms with Crippen molar-refractivity contribution < 1.29 is 12.8 Å². The first-order valence-corrected chi connectivity index (χ1v) is 6.46. The molecule has 0 aliphatic carbocycles. The summed E-state index contributed by atoms with van der Waals surface area (Å²) in [7, 11) is -3.59. The average molecular weight is 244 g/mol. The van der Waals surface area contributed by atoms with Crippen molar-refractivity contribution >= 4 is 10.0 Å². The fourth-order valence-corrected chi connectivity index (χ4v) is 2.65. The van der Waals surface area contributed by atoms with Crippen molar-refractivity contribution in [3.05, 3.63) is 29.6 Å². The van der Waals surface area contributed by atoms with Gasteiger partial charge in [-0.1, -0.05) is 6.07 Å². The molecule has 0 unspecified atom stereocenters. The quantitative estimate of drug-likeness (QED) is 0.808. The number of nitrogens with one attached hydrogen (secondary N) is 2. The van der Waals surface area contributed by atoms with Gasteiger partial charge in [0.1, 0.15) is 5.82 Å². The molecule has 1 heterocycles. The molecule has 1 saturated heterocycles. The van der Waals surface area contributed by atoms with Crippen LogP contribution in [0.1, 0.15) is 5.56 Å². The summed E-state index contributed by atoms with van der Waals surface area (Å²) in [6.45, 7) is 2.83. The van der Waals surface area contributed by atoms with Gasteiger partial charge in [-0.3, -0.25) is 0 Å². The molecule has 0 atom stereocenters. The molecule has 1 aliphatic rings. The smallest absolute Gasteiger partial charge is 0.241 e. The molecule has 4 nitrogen and oxygen atoms in total. The van der Waals surface area contributed by atoms with Gasteiger partial charge in [-0.2, -0.15) is 0 Å². The van der Waals surface area contributed by atoms with Gasteiger partial charge in [0, 0.05) is 19.1 Å². The van der Waals surface area contributed by atoms with Crippen LogP contribution in [0.5, 0.6) is 0 Å². The van der Waals surface area contributed by atoms with Gasteiger partial charge in [0.25, 0.3) is 0 Å². The van der Waals surface area contributed by atoms with Gasteiger partial charge >= 0.3 is 0 Å². The maximum atomic E-state index is 13.2. The minimum absolute atomic E-state index is 0.0255. The number of halogens is 1. The highest BCUT2D eigenvalue weighted by Crippen LogP contribution is 2.14. The predicted molar refractivity (Wildman–Crippen MR) is 58.1 cm³/mol. The van der Waals surface area contributed by atoms with Gasteiger partial charge in [-0.15, -0.1) is 0 Å². The highest BCUT2D eigenvalue weighted by molar-refractivity contribution is 7.89. The number of hydrogen-bond donors (Lipinski definition) is 2. The molecule has 1 aliphatic heterocycles. The van der Waals surface area contributed by atoms with Crippen LogP contribution < -0.4 is 10.0 Å². The summed E-state index contributed by atoms with van der Waals surface area (Å²) in [6.07, 6.45) is 0. The largest absolute Gasteiger partial charge is 0.313 e. The number of aryl methyl sites for hydroxylation is 1. The molecule has 0 saturated carbocycles. The number of sulfonamides is 1. The van der Waals surface area contributed by atoms with Crippen LogP contribution in [0.3, 0.4) is 0 Å². The second-order valence-electron chi connectivity index (χ2n) is 3.89. The van der Waals surface area contributed by atoms with Crippen LogP contribution in [-0.4, -0.2) is 27.5 Å². The van der Waals surface area contributed by atoms with Crippen LogP contribution in [0.15, 0.2) is 23.1 Å². The van der Waals surface area contributed by atoms with E-state index in [1.165, 1.54) is 12.1 Å². The van der Waals surface area contributed by atoms with Crippen molar-refractivity contribution in [2.24, 2.45) is 0 Å². The Kier molecular flexibility index (Phi) is 2.96. The molecule has 16 heavy (non-hydrogen) atoms. The zero-order valence-electron chi connectivity index (χ0n) is 8.83. The average Bonchev–Trinajstić information content (AvgIpc) is 2.16. The highest BCUT2D eigenvalue weighted by Gasteiger charge is 2.24. The van der Waals surface area contributed by atoms with Crippen LogP contribution >= 0.6 is 0 Å². The molecule has 2 rings (SSSR count). The Morgan fingerprint density at radius 1 is 1.44 bits per heavy atom. The van der Waals surface area contributed by atoms with Crippen molar-refractivity contribution in [2.45, 2.75) is 17.9 Å². The second-order valence-corrected chi connectivity index (χ2v) is 5.60. The molecule has 6 heteroatoms. The summed E-state index contributed by atoms with van der Waals surface area (Å²) in [4.78, 5) is -0.0255. The van der Waals surface area contributed by atoms with Crippen LogP contribution in [-0.2, 0) is 10.0 Å². The monoisotopic (exact) mass is 244 g/mol. The molecule has 0 bridgehead atoms. The SMILES string of the molecule is Cc1ccc(S(=O)(=O)NC2CNC2)cc1F. The van der Waals surface area contributed by atoms with E-state index in [1.807, 2.05) is 0 Å². The fourth-order valence-electron chi connectivity index (χ4n) is 1.40. The molecule has 1 aromatic carbocycles. The molecule has 0 radical (unpaired) electrons. The van der Waals surface area contributed by atoms with Crippen molar-refractivity contribution in [1.29, 1.82) is 0 Å². The number of benzene rings is 1. The van der Waals surface area contributed by atoms with Gasteiger partial charge in [0.05, 0.1) is 4.90 Å². The Morgan fingerprint density at radius 3 is 2.62 bits per heavy atom. The lowest BCUT2D eigenvalue weighted by Gasteiger charge is -2.27. The molecular weight excluding hydrogens is 231 g/mol. The Morgan fingerprint density at radius 2 is 2.12 bits per heavy atom. The Labute approximate surface area is 93.9 Å².